The summed E-state index contributed by atoms with van der Waals surface area (Å²) in [5.74, 6) is 0.0568. The third kappa shape index (κ3) is 5.09. The Balaban J connectivity index is 0.00000338. The van der Waals surface area contributed by atoms with E-state index in [1.165, 1.54) is 20.2 Å². The average Bonchev–Trinajstić information content (AvgIpc) is 2.91. The monoisotopic (exact) mass is 404 g/mol. The number of amides is 1. The summed E-state index contributed by atoms with van der Waals surface area (Å²) in [6.45, 7) is 0. The van der Waals surface area contributed by atoms with Crippen LogP contribution in [-0.2, 0) is 14.8 Å². The van der Waals surface area contributed by atoms with Gasteiger partial charge in [0.1, 0.15) is 0 Å². The lowest BCUT2D eigenvalue weighted by Crippen LogP contribution is -2.28. The number of nitrogens with one attached hydrogen (secondary N) is 1. The van der Waals surface area contributed by atoms with Gasteiger partial charge in [0.15, 0.2) is 0 Å². The molecule has 1 saturated carbocycles. The van der Waals surface area contributed by atoms with Crippen molar-refractivity contribution in [1.29, 1.82) is 0 Å². The van der Waals surface area contributed by atoms with Gasteiger partial charge in [0.25, 0.3) is 0 Å². The molecule has 1 fully saturated rings. The fourth-order valence-corrected chi connectivity index (χ4v) is 4.06. The Morgan fingerprint density at radius 3 is 2.38 bits per heavy atom. The molecule has 0 saturated heterocycles. The highest BCUT2D eigenvalue weighted by Gasteiger charge is 2.27. The van der Waals surface area contributed by atoms with Crippen molar-refractivity contribution in [3.63, 3.8) is 0 Å². The summed E-state index contributed by atoms with van der Waals surface area (Å²) >= 11 is 0. The topological polar surface area (TPSA) is 95.7 Å². The van der Waals surface area contributed by atoms with Crippen LogP contribution in [0.2, 0.25) is 0 Å². The van der Waals surface area contributed by atoms with Crippen LogP contribution in [0.4, 0.5) is 11.4 Å². The molecule has 9 heteroatoms. The van der Waals surface area contributed by atoms with E-state index in [0.717, 1.165) is 29.3 Å². The molecule has 2 atom stereocenters. The maximum Gasteiger partial charge on any atom is 0.242 e. The van der Waals surface area contributed by atoms with Crippen LogP contribution in [0.3, 0.4) is 0 Å². The van der Waals surface area contributed by atoms with Crippen LogP contribution in [0.15, 0.2) is 23.1 Å². The first-order valence-electron chi connectivity index (χ1n) is 8.42. The Morgan fingerprint density at radius 1 is 1.23 bits per heavy atom. The molecule has 3 N–H and O–H groups in total. The number of hydrogen-bond donors (Lipinski definition) is 2. The highest BCUT2D eigenvalue weighted by Crippen LogP contribution is 2.30. The van der Waals surface area contributed by atoms with Gasteiger partial charge in [-0.3, -0.25) is 4.79 Å². The van der Waals surface area contributed by atoms with Crippen molar-refractivity contribution in [3.05, 3.63) is 18.2 Å². The van der Waals surface area contributed by atoms with E-state index in [1.54, 1.807) is 12.1 Å². The maximum atomic E-state index is 12.4. The standard InChI is InChI=1S/C17H28N4O3S.ClH/c1-20(2)16-9-8-13(25(23,24)21(3)4)11-15(16)19-17(22)10-12-6-5-7-14(12)18;/h8-9,11-12,14H,5-7,10,18H2,1-4H3,(H,19,22);1H/t12-,14+;/m0./s1. The minimum Gasteiger partial charge on any atom is -0.376 e. The van der Waals surface area contributed by atoms with E-state index in [-0.39, 0.29) is 35.2 Å². The van der Waals surface area contributed by atoms with Crippen LogP contribution >= 0.6 is 12.4 Å². The van der Waals surface area contributed by atoms with Gasteiger partial charge in [-0.1, -0.05) is 6.42 Å². The highest BCUT2D eigenvalue weighted by molar-refractivity contribution is 7.89. The molecular weight excluding hydrogens is 376 g/mol. The number of carbonyl (C=O) groups is 1. The normalized spacial score (nSPS) is 19.9. The molecular formula is C17H29ClN4O3S. The lowest BCUT2D eigenvalue weighted by Gasteiger charge is -2.21. The van der Waals surface area contributed by atoms with Crippen molar-refractivity contribution in [2.45, 2.75) is 36.6 Å². The van der Waals surface area contributed by atoms with E-state index in [9.17, 15) is 13.2 Å². The van der Waals surface area contributed by atoms with Crippen LogP contribution in [-0.4, -0.2) is 52.9 Å². The summed E-state index contributed by atoms with van der Waals surface area (Å²) in [6.07, 6.45) is 3.33. The fourth-order valence-electron chi connectivity index (χ4n) is 3.13. The Kier molecular flexibility index (Phi) is 7.88. The Bertz CT molecular complexity index is 738. The number of carbonyl (C=O) groups excluding carboxylic acids is 1. The molecule has 0 heterocycles. The van der Waals surface area contributed by atoms with E-state index in [2.05, 4.69) is 5.32 Å². The van der Waals surface area contributed by atoms with Crippen LogP contribution < -0.4 is 16.0 Å². The Hall–Kier alpha value is -1.35. The van der Waals surface area contributed by atoms with Crippen molar-refractivity contribution < 1.29 is 13.2 Å². The van der Waals surface area contributed by atoms with Gasteiger partial charge in [0.05, 0.1) is 16.3 Å². The van der Waals surface area contributed by atoms with Gasteiger partial charge in [-0.05, 0) is 37.0 Å². The van der Waals surface area contributed by atoms with Gasteiger partial charge in [0.2, 0.25) is 15.9 Å². The van der Waals surface area contributed by atoms with Crippen LogP contribution in [0.5, 0.6) is 0 Å². The molecule has 0 radical (unpaired) electrons. The summed E-state index contributed by atoms with van der Waals surface area (Å²) in [4.78, 5) is 14.4. The van der Waals surface area contributed by atoms with Crippen molar-refractivity contribution >= 4 is 39.7 Å². The Labute approximate surface area is 162 Å². The fraction of sp³-hybridized carbons (Fsp3) is 0.588. The zero-order chi connectivity index (χ0) is 18.8. The number of benzene rings is 1. The predicted molar refractivity (Wildman–Crippen MR) is 107 cm³/mol. The van der Waals surface area contributed by atoms with E-state index in [1.807, 2.05) is 19.0 Å². The third-order valence-corrected chi connectivity index (χ3v) is 6.48. The third-order valence-electron chi connectivity index (χ3n) is 4.67. The lowest BCUT2D eigenvalue weighted by molar-refractivity contribution is -0.117. The van der Waals surface area contributed by atoms with Gasteiger partial charge in [-0.15, -0.1) is 12.4 Å². The molecule has 26 heavy (non-hydrogen) atoms. The molecule has 0 aliphatic heterocycles. The van der Waals surface area contributed by atoms with Crippen molar-refractivity contribution in [2.24, 2.45) is 11.7 Å². The second kappa shape index (κ2) is 9.03. The molecule has 0 aromatic heterocycles. The molecule has 0 bridgehead atoms. The molecule has 0 unspecified atom stereocenters. The zero-order valence-corrected chi connectivity index (χ0v) is 17.4. The minimum atomic E-state index is -3.57. The predicted octanol–water partition coefficient (Wildman–Crippen LogP) is 1.88. The first-order valence-corrected chi connectivity index (χ1v) is 9.86. The zero-order valence-electron chi connectivity index (χ0n) is 15.7. The number of nitrogens with two attached hydrogens (primary N) is 1. The number of hydrogen-bond acceptors (Lipinski definition) is 5. The molecule has 1 aromatic rings. The molecule has 148 valence electrons. The van der Waals surface area contributed by atoms with Crippen molar-refractivity contribution in [2.75, 3.05) is 38.4 Å². The van der Waals surface area contributed by atoms with Gasteiger partial charge in [-0.2, -0.15) is 0 Å². The molecule has 1 amide bonds. The van der Waals surface area contributed by atoms with Gasteiger partial charge >= 0.3 is 0 Å². The van der Waals surface area contributed by atoms with E-state index >= 15 is 0 Å². The molecule has 1 aliphatic carbocycles. The van der Waals surface area contributed by atoms with Gasteiger partial charge in [-0.25, -0.2) is 12.7 Å². The summed E-state index contributed by atoms with van der Waals surface area (Å²) in [7, 11) is 3.09. The molecule has 0 spiro atoms. The minimum absolute atomic E-state index is 0. The van der Waals surface area contributed by atoms with Crippen LogP contribution in [0.1, 0.15) is 25.7 Å². The summed E-state index contributed by atoms with van der Waals surface area (Å²) in [5, 5.41) is 2.87. The second-order valence-electron chi connectivity index (χ2n) is 6.97. The molecule has 1 aromatic carbocycles. The summed E-state index contributed by atoms with van der Waals surface area (Å²) < 4.78 is 25.9. The quantitative estimate of drug-likeness (QED) is 0.754. The maximum absolute atomic E-state index is 12.4. The lowest BCUT2D eigenvalue weighted by atomic mass is 10.00. The van der Waals surface area contributed by atoms with Gasteiger partial charge in [0, 0.05) is 40.7 Å². The van der Waals surface area contributed by atoms with Crippen molar-refractivity contribution in [3.8, 4) is 0 Å². The largest absolute Gasteiger partial charge is 0.376 e. The first-order chi connectivity index (χ1) is 11.6. The second-order valence-corrected chi connectivity index (χ2v) is 9.12. The Morgan fingerprint density at radius 2 is 1.88 bits per heavy atom. The smallest absolute Gasteiger partial charge is 0.242 e. The highest BCUT2D eigenvalue weighted by atomic mass is 35.5. The first kappa shape index (κ1) is 22.7. The van der Waals surface area contributed by atoms with Crippen LogP contribution in [0, 0.1) is 5.92 Å². The van der Waals surface area contributed by atoms with Crippen molar-refractivity contribution in [1.82, 2.24) is 4.31 Å². The number of rotatable bonds is 6. The number of anilines is 2. The van der Waals surface area contributed by atoms with Gasteiger partial charge < -0.3 is 16.0 Å². The van der Waals surface area contributed by atoms with Crippen LogP contribution in [0.25, 0.3) is 0 Å². The van der Waals surface area contributed by atoms with E-state index in [4.69, 9.17) is 5.73 Å². The molecule has 2 rings (SSSR count). The number of halogens is 1. The average molecular weight is 405 g/mol. The molecule has 1 aliphatic rings. The summed E-state index contributed by atoms with van der Waals surface area (Å²) in [6, 6.07) is 4.83. The van der Waals surface area contributed by atoms with E-state index in [0.29, 0.717) is 12.1 Å². The number of nitrogens with zero attached hydrogens (tertiary/aromatic N) is 2. The summed E-state index contributed by atoms with van der Waals surface area (Å²) in [5.41, 5.74) is 7.28. The van der Waals surface area contributed by atoms with E-state index < -0.39 is 10.0 Å². The molecule has 7 nitrogen and oxygen atoms in total. The number of sulfonamides is 1. The SMILES string of the molecule is CN(C)c1ccc(S(=O)(=O)N(C)C)cc1NC(=O)C[C@@H]1CCC[C@H]1N.Cl.